The molecule has 2 heteroatoms. The van der Waals surface area contributed by atoms with Crippen LogP contribution in [0.5, 0.6) is 0 Å². The minimum atomic E-state index is 0.932. The van der Waals surface area contributed by atoms with Gasteiger partial charge in [0.1, 0.15) is 0 Å². The first-order valence-electron chi connectivity index (χ1n) is 6.04. The van der Waals surface area contributed by atoms with Gasteiger partial charge >= 0.3 is 0 Å². The van der Waals surface area contributed by atoms with E-state index < -0.39 is 0 Å². The summed E-state index contributed by atoms with van der Waals surface area (Å²) < 4.78 is 2.33. The molecular formula is C16H15NS. The van der Waals surface area contributed by atoms with Crippen LogP contribution in [-0.2, 0) is 6.54 Å². The molecule has 3 rings (SSSR count). The lowest BCUT2D eigenvalue weighted by Crippen LogP contribution is -1.97. The van der Waals surface area contributed by atoms with E-state index in [2.05, 4.69) is 71.6 Å². The molecule has 90 valence electrons. The summed E-state index contributed by atoms with van der Waals surface area (Å²) in [5.74, 6) is 0. The van der Waals surface area contributed by atoms with Gasteiger partial charge in [-0.05, 0) is 17.9 Å². The van der Waals surface area contributed by atoms with Crippen LogP contribution in [0, 0.1) is 0 Å². The lowest BCUT2D eigenvalue weighted by atomic mass is 10.2. The van der Waals surface area contributed by atoms with Gasteiger partial charge in [0.25, 0.3) is 0 Å². The van der Waals surface area contributed by atoms with Crippen LogP contribution in [0.1, 0.15) is 5.56 Å². The van der Waals surface area contributed by atoms with Crippen molar-refractivity contribution in [3.05, 3.63) is 66.4 Å². The lowest BCUT2D eigenvalue weighted by molar-refractivity contribution is 0.830. The summed E-state index contributed by atoms with van der Waals surface area (Å²) in [4.78, 5) is 1.35. The van der Waals surface area contributed by atoms with Crippen molar-refractivity contribution in [1.29, 1.82) is 0 Å². The summed E-state index contributed by atoms with van der Waals surface area (Å²) in [6.07, 6.45) is 4.39. The molecule has 0 spiro atoms. The Morgan fingerprint density at radius 1 is 0.944 bits per heavy atom. The molecule has 18 heavy (non-hydrogen) atoms. The van der Waals surface area contributed by atoms with E-state index in [0.29, 0.717) is 0 Å². The Morgan fingerprint density at radius 3 is 2.44 bits per heavy atom. The van der Waals surface area contributed by atoms with Gasteiger partial charge in [-0.1, -0.05) is 48.5 Å². The Bertz CT molecular complexity index is 655. The van der Waals surface area contributed by atoms with Crippen molar-refractivity contribution in [2.24, 2.45) is 0 Å². The Labute approximate surface area is 111 Å². The van der Waals surface area contributed by atoms with Crippen LogP contribution >= 0.6 is 11.8 Å². The van der Waals surface area contributed by atoms with Crippen molar-refractivity contribution < 1.29 is 0 Å². The predicted molar refractivity (Wildman–Crippen MR) is 79.3 cm³/mol. The molecule has 2 aromatic carbocycles. The minimum Gasteiger partial charge on any atom is -0.342 e. The Hall–Kier alpha value is -1.67. The molecule has 0 fully saturated rings. The maximum Gasteiger partial charge on any atom is 0.0495 e. The molecular weight excluding hydrogens is 238 g/mol. The Kier molecular flexibility index (Phi) is 3.11. The molecule has 0 aliphatic rings. The third-order valence-electron chi connectivity index (χ3n) is 3.17. The smallest absolute Gasteiger partial charge is 0.0495 e. The van der Waals surface area contributed by atoms with Gasteiger partial charge in [0.15, 0.2) is 0 Å². The molecule has 0 aliphatic heterocycles. The van der Waals surface area contributed by atoms with Crippen molar-refractivity contribution >= 4 is 22.7 Å². The van der Waals surface area contributed by atoms with Crippen LogP contribution in [0.2, 0.25) is 0 Å². The first-order valence-corrected chi connectivity index (χ1v) is 7.27. The van der Waals surface area contributed by atoms with E-state index in [9.17, 15) is 0 Å². The Morgan fingerprint density at radius 2 is 1.67 bits per heavy atom. The maximum absolute atomic E-state index is 2.33. The largest absolute Gasteiger partial charge is 0.342 e. The van der Waals surface area contributed by atoms with Gasteiger partial charge in [-0.25, -0.2) is 0 Å². The first kappa shape index (κ1) is 11.4. The molecule has 0 unspecified atom stereocenters. The number of benzene rings is 2. The molecule has 0 atom stereocenters. The monoisotopic (exact) mass is 253 g/mol. The maximum atomic E-state index is 2.33. The molecule has 0 saturated carbocycles. The van der Waals surface area contributed by atoms with Crippen LogP contribution in [0.15, 0.2) is 65.7 Å². The van der Waals surface area contributed by atoms with E-state index in [-0.39, 0.29) is 0 Å². The number of fused-ring (bicyclic) bond motifs is 1. The molecule has 1 aromatic heterocycles. The van der Waals surface area contributed by atoms with Crippen LogP contribution in [0.4, 0.5) is 0 Å². The van der Waals surface area contributed by atoms with Crippen LogP contribution in [-0.4, -0.2) is 10.8 Å². The van der Waals surface area contributed by atoms with Gasteiger partial charge in [0.05, 0.1) is 0 Å². The number of aromatic nitrogens is 1. The van der Waals surface area contributed by atoms with Crippen molar-refractivity contribution in [1.82, 2.24) is 4.57 Å². The predicted octanol–water partition coefficient (Wildman–Crippen LogP) is 4.41. The summed E-state index contributed by atoms with van der Waals surface area (Å²) in [5, 5.41) is 1.35. The molecule has 0 saturated heterocycles. The average molecular weight is 253 g/mol. The highest BCUT2D eigenvalue weighted by atomic mass is 32.2. The van der Waals surface area contributed by atoms with Crippen molar-refractivity contribution in [2.75, 3.05) is 6.26 Å². The molecule has 0 radical (unpaired) electrons. The second-order valence-electron chi connectivity index (χ2n) is 4.33. The third kappa shape index (κ3) is 2.04. The highest BCUT2D eigenvalue weighted by molar-refractivity contribution is 7.98. The van der Waals surface area contributed by atoms with Gasteiger partial charge < -0.3 is 4.57 Å². The van der Waals surface area contributed by atoms with Crippen LogP contribution in [0.25, 0.3) is 10.9 Å². The number of hydrogen-bond donors (Lipinski definition) is 0. The summed E-state index contributed by atoms with van der Waals surface area (Å²) >= 11 is 1.81. The fourth-order valence-corrected chi connectivity index (χ4v) is 2.91. The number of nitrogens with zero attached hydrogens (tertiary/aromatic N) is 1. The van der Waals surface area contributed by atoms with E-state index in [1.165, 1.54) is 21.4 Å². The number of para-hydroxylation sites is 1. The second-order valence-corrected chi connectivity index (χ2v) is 5.18. The fraction of sp³-hybridized carbons (Fsp3) is 0.125. The summed E-state index contributed by atoms with van der Waals surface area (Å²) in [7, 11) is 0. The molecule has 0 aliphatic carbocycles. The number of thioether (sulfide) groups is 1. The quantitative estimate of drug-likeness (QED) is 0.626. The molecule has 0 bridgehead atoms. The molecule has 0 N–H and O–H groups in total. The highest BCUT2D eigenvalue weighted by Crippen LogP contribution is 2.28. The van der Waals surface area contributed by atoms with Gasteiger partial charge in [0, 0.05) is 28.5 Å². The Balaban J connectivity index is 2.07. The summed E-state index contributed by atoms with van der Waals surface area (Å²) in [6.45, 7) is 0.932. The molecule has 1 nitrogen and oxygen atoms in total. The van der Waals surface area contributed by atoms with Gasteiger partial charge in [0.2, 0.25) is 0 Å². The number of hydrogen-bond acceptors (Lipinski definition) is 1. The minimum absolute atomic E-state index is 0.932. The number of rotatable bonds is 3. The van der Waals surface area contributed by atoms with Gasteiger partial charge in [-0.2, -0.15) is 0 Å². The normalized spacial score (nSPS) is 10.9. The van der Waals surface area contributed by atoms with Crippen LogP contribution in [0.3, 0.4) is 0 Å². The third-order valence-corrected chi connectivity index (χ3v) is 3.93. The standard InChI is InChI=1S/C16H15NS/c1-18-16-12-17(11-13-7-3-2-4-8-13)15-10-6-5-9-14(15)16/h2-10,12H,11H2,1H3. The zero-order valence-electron chi connectivity index (χ0n) is 10.3. The molecule has 0 amide bonds. The second kappa shape index (κ2) is 4.91. The zero-order valence-corrected chi connectivity index (χ0v) is 11.2. The topological polar surface area (TPSA) is 4.93 Å². The van der Waals surface area contributed by atoms with E-state index in [1.54, 1.807) is 0 Å². The van der Waals surface area contributed by atoms with E-state index in [0.717, 1.165) is 6.54 Å². The lowest BCUT2D eigenvalue weighted by Gasteiger charge is -2.05. The molecule has 3 aromatic rings. The fourth-order valence-electron chi connectivity index (χ4n) is 2.29. The van der Waals surface area contributed by atoms with E-state index in [4.69, 9.17) is 0 Å². The summed E-state index contributed by atoms with van der Waals surface area (Å²) in [5.41, 5.74) is 2.65. The highest BCUT2D eigenvalue weighted by Gasteiger charge is 2.06. The van der Waals surface area contributed by atoms with Crippen molar-refractivity contribution in [2.45, 2.75) is 11.4 Å². The SMILES string of the molecule is CSc1cn(Cc2ccccc2)c2ccccc12. The van der Waals surface area contributed by atoms with Crippen LogP contribution < -0.4 is 0 Å². The molecule has 1 heterocycles. The van der Waals surface area contributed by atoms with Crippen molar-refractivity contribution in [3.63, 3.8) is 0 Å². The van der Waals surface area contributed by atoms with E-state index in [1.807, 2.05) is 11.8 Å². The summed E-state index contributed by atoms with van der Waals surface area (Å²) in [6, 6.07) is 19.2. The van der Waals surface area contributed by atoms with E-state index >= 15 is 0 Å². The average Bonchev–Trinajstić information content (AvgIpc) is 2.78. The van der Waals surface area contributed by atoms with Crippen molar-refractivity contribution in [3.8, 4) is 0 Å². The zero-order chi connectivity index (χ0) is 12.4. The first-order chi connectivity index (χ1) is 8.88. The van der Waals surface area contributed by atoms with Gasteiger partial charge in [-0.3, -0.25) is 0 Å². The van der Waals surface area contributed by atoms with Gasteiger partial charge in [-0.15, -0.1) is 11.8 Å².